The lowest BCUT2D eigenvalue weighted by Gasteiger charge is -2.09. The number of aryl methyl sites for hydroxylation is 2. The first-order valence-corrected chi connectivity index (χ1v) is 6.87. The molecule has 0 saturated carbocycles. The second kappa shape index (κ2) is 6.52. The van der Waals surface area contributed by atoms with E-state index >= 15 is 0 Å². The number of halogens is 1. The van der Waals surface area contributed by atoms with Crippen LogP contribution in [0.2, 0.25) is 5.28 Å². The van der Waals surface area contributed by atoms with Crippen molar-refractivity contribution in [3.63, 3.8) is 0 Å². The Bertz CT molecular complexity index is 604. The number of hydrogen-bond donors (Lipinski definition) is 1. The Morgan fingerprint density at radius 2 is 2.00 bits per heavy atom. The van der Waals surface area contributed by atoms with E-state index in [1.54, 1.807) is 0 Å². The van der Waals surface area contributed by atoms with E-state index in [4.69, 9.17) is 16.3 Å². The van der Waals surface area contributed by atoms with Crippen molar-refractivity contribution in [2.75, 3.05) is 11.9 Å². The summed E-state index contributed by atoms with van der Waals surface area (Å²) >= 11 is 5.88. The van der Waals surface area contributed by atoms with Crippen LogP contribution >= 0.6 is 11.6 Å². The molecular weight excluding hydrogens is 276 g/mol. The first-order valence-electron chi connectivity index (χ1n) is 6.49. The van der Waals surface area contributed by atoms with Crippen LogP contribution in [0.25, 0.3) is 0 Å². The van der Waals surface area contributed by atoms with Crippen molar-refractivity contribution >= 4 is 17.5 Å². The summed E-state index contributed by atoms with van der Waals surface area (Å²) < 4.78 is 5.68. The van der Waals surface area contributed by atoms with Gasteiger partial charge in [0.25, 0.3) is 0 Å². The van der Waals surface area contributed by atoms with E-state index in [2.05, 4.69) is 27.2 Å². The molecule has 2 rings (SSSR count). The zero-order valence-corrected chi connectivity index (χ0v) is 12.5. The third kappa shape index (κ3) is 3.81. The molecule has 1 aromatic carbocycles. The van der Waals surface area contributed by atoms with Crippen LogP contribution in [0.4, 0.5) is 5.95 Å². The molecule has 0 bridgehead atoms. The second-order valence-electron chi connectivity index (χ2n) is 4.51. The predicted octanol–water partition coefficient (Wildman–Crippen LogP) is 3.76. The summed E-state index contributed by atoms with van der Waals surface area (Å²) in [5, 5.41) is 3.17. The van der Waals surface area contributed by atoms with E-state index in [0.29, 0.717) is 11.7 Å². The molecule has 0 amide bonds. The fourth-order valence-electron chi connectivity index (χ4n) is 1.71. The molecule has 2 aromatic rings. The Morgan fingerprint density at radius 3 is 2.70 bits per heavy atom. The minimum atomic E-state index is 0.110. The van der Waals surface area contributed by atoms with Gasteiger partial charge in [-0.05, 0) is 43.5 Å². The third-order valence-corrected chi connectivity index (χ3v) is 2.82. The molecule has 0 spiro atoms. The van der Waals surface area contributed by atoms with Gasteiger partial charge in [0, 0.05) is 6.54 Å². The highest BCUT2D eigenvalue weighted by Crippen LogP contribution is 2.24. The first-order chi connectivity index (χ1) is 9.58. The molecule has 0 saturated heterocycles. The quantitative estimate of drug-likeness (QED) is 0.909. The maximum absolute atomic E-state index is 5.88. The fourth-order valence-corrected chi connectivity index (χ4v) is 1.86. The van der Waals surface area contributed by atoms with Gasteiger partial charge in [0.2, 0.25) is 11.2 Å². The molecule has 0 aliphatic heterocycles. The largest absolute Gasteiger partial charge is 0.424 e. The zero-order valence-electron chi connectivity index (χ0n) is 11.8. The van der Waals surface area contributed by atoms with Crippen LogP contribution in [0.3, 0.4) is 0 Å². The Kier molecular flexibility index (Phi) is 4.74. The molecule has 1 heterocycles. The summed E-state index contributed by atoms with van der Waals surface area (Å²) in [5.41, 5.74) is 2.19. The molecule has 1 N–H and O–H groups in total. The van der Waals surface area contributed by atoms with Crippen LogP contribution in [-0.2, 0) is 0 Å². The highest BCUT2D eigenvalue weighted by Gasteiger charge is 2.08. The van der Waals surface area contributed by atoms with Gasteiger partial charge in [0.05, 0.1) is 0 Å². The lowest BCUT2D eigenvalue weighted by atomic mass is 10.1. The fraction of sp³-hybridized carbons (Fsp3) is 0.357. The van der Waals surface area contributed by atoms with Crippen LogP contribution in [0.15, 0.2) is 18.2 Å². The molecule has 5 nitrogen and oxygen atoms in total. The molecule has 20 heavy (non-hydrogen) atoms. The van der Waals surface area contributed by atoms with E-state index in [1.807, 2.05) is 32.0 Å². The number of nitrogens with one attached hydrogen (secondary N) is 1. The average Bonchev–Trinajstić information content (AvgIpc) is 2.39. The maximum Gasteiger partial charge on any atom is 0.328 e. The van der Waals surface area contributed by atoms with E-state index in [0.717, 1.165) is 18.5 Å². The van der Waals surface area contributed by atoms with Crippen LogP contribution in [0.5, 0.6) is 11.8 Å². The first kappa shape index (κ1) is 14.5. The Labute approximate surface area is 123 Å². The van der Waals surface area contributed by atoms with Crippen molar-refractivity contribution < 1.29 is 4.74 Å². The van der Waals surface area contributed by atoms with Crippen LogP contribution in [-0.4, -0.2) is 21.5 Å². The lowest BCUT2D eigenvalue weighted by Crippen LogP contribution is -2.06. The van der Waals surface area contributed by atoms with Crippen molar-refractivity contribution in [1.29, 1.82) is 0 Å². The summed E-state index contributed by atoms with van der Waals surface area (Å²) in [6, 6.07) is 6.09. The van der Waals surface area contributed by atoms with Crippen LogP contribution < -0.4 is 10.1 Å². The second-order valence-corrected chi connectivity index (χ2v) is 4.85. The Balaban J connectivity index is 2.21. The average molecular weight is 293 g/mol. The minimum absolute atomic E-state index is 0.110. The number of hydrogen-bond acceptors (Lipinski definition) is 5. The number of benzene rings is 1. The van der Waals surface area contributed by atoms with Crippen molar-refractivity contribution in [3.8, 4) is 11.8 Å². The minimum Gasteiger partial charge on any atom is -0.424 e. The summed E-state index contributed by atoms with van der Waals surface area (Å²) in [6.07, 6.45) is 0.969. The topological polar surface area (TPSA) is 59.9 Å². The molecule has 0 aliphatic carbocycles. The third-order valence-electron chi connectivity index (χ3n) is 2.65. The summed E-state index contributed by atoms with van der Waals surface area (Å²) in [6.45, 7) is 6.83. The molecule has 0 aliphatic rings. The molecule has 6 heteroatoms. The molecule has 0 unspecified atom stereocenters. The van der Waals surface area contributed by atoms with Gasteiger partial charge >= 0.3 is 6.01 Å². The highest BCUT2D eigenvalue weighted by atomic mass is 35.5. The van der Waals surface area contributed by atoms with Crippen LogP contribution in [0.1, 0.15) is 24.5 Å². The van der Waals surface area contributed by atoms with E-state index in [9.17, 15) is 0 Å². The SMILES string of the molecule is CCCNc1nc(Cl)nc(Oc2ccc(C)cc2C)n1. The van der Waals surface area contributed by atoms with E-state index < -0.39 is 0 Å². The maximum atomic E-state index is 5.88. The molecule has 0 atom stereocenters. The van der Waals surface area contributed by atoms with Gasteiger partial charge in [-0.1, -0.05) is 24.6 Å². The van der Waals surface area contributed by atoms with Gasteiger partial charge in [-0.2, -0.15) is 15.0 Å². The Hall–Kier alpha value is -1.88. The zero-order chi connectivity index (χ0) is 14.5. The van der Waals surface area contributed by atoms with Crippen molar-refractivity contribution in [2.45, 2.75) is 27.2 Å². The van der Waals surface area contributed by atoms with Gasteiger partial charge in [0.15, 0.2) is 0 Å². The molecule has 106 valence electrons. The van der Waals surface area contributed by atoms with Crippen molar-refractivity contribution in [3.05, 3.63) is 34.6 Å². The number of nitrogens with zero attached hydrogens (tertiary/aromatic N) is 3. The van der Waals surface area contributed by atoms with Gasteiger partial charge in [-0.3, -0.25) is 0 Å². The van der Waals surface area contributed by atoms with Gasteiger partial charge in [-0.15, -0.1) is 0 Å². The predicted molar refractivity (Wildman–Crippen MR) is 79.6 cm³/mol. The summed E-state index contributed by atoms with van der Waals surface area (Å²) in [4.78, 5) is 12.2. The number of aromatic nitrogens is 3. The van der Waals surface area contributed by atoms with Crippen molar-refractivity contribution in [1.82, 2.24) is 15.0 Å². The monoisotopic (exact) mass is 292 g/mol. The lowest BCUT2D eigenvalue weighted by molar-refractivity contribution is 0.437. The standard InChI is InChI=1S/C14H17ClN4O/c1-4-7-16-13-17-12(15)18-14(19-13)20-11-6-5-9(2)8-10(11)3/h5-6,8H,4,7H2,1-3H3,(H,16,17,18,19). The highest BCUT2D eigenvalue weighted by molar-refractivity contribution is 6.28. The summed E-state index contributed by atoms with van der Waals surface area (Å²) in [5.74, 6) is 1.13. The summed E-state index contributed by atoms with van der Waals surface area (Å²) in [7, 11) is 0. The molecule has 0 radical (unpaired) electrons. The van der Waals surface area contributed by atoms with E-state index in [-0.39, 0.29) is 11.3 Å². The Morgan fingerprint density at radius 1 is 1.20 bits per heavy atom. The normalized spacial score (nSPS) is 10.4. The van der Waals surface area contributed by atoms with Gasteiger partial charge in [0.1, 0.15) is 5.75 Å². The number of ether oxygens (including phenoxy) is 1. The van der Waals surface area contributed by atoms with E-state index in [1.165, 1.54) is 5.56 Å². The van der Waals surface area contributed by atoms with Crippen molar-refractivity contribution in [2.24, 2.45) is 0 Å². The van der Waals surface area contributed by atoms with Gasteiger partial charge < -0.3 is 10.1 Å². The molecule has 0 fully saturated rings. The molecule has 1 aromatic heterocycles. The number of anilines is 1. The molecular formula is C14H17ClN4O. The number of rotatable bonds is 5. The van der Waals surface area contributed by atoms with Gasteiger partial charge in [-0.25, -0.2) is 0 Å². The van der Waals surface area contributed by atoms with Crippen LogP contribution in [0, 0.1) is 13.8 Å². The smallest absolute Gasteiger partial charge is 0.328 e.